The van der Waals surface area contributed by atoms with E-state index in [0.29, 0.717) is 48.3 Å². The number of halogens is 2. The maximum absolute atomic E-state index is 16.1. The van der Waals surface area contributed by atoms with Gasteiger partial charge in [0.1, 0.15) is 29.2 Å². The van der Waals surface area contributed by atoms with E-state index >= 15 is 8.78 Å². The van der Waals surface area contributed by atoms with Crippen LogP contribution < -0.4 is 19.9 Å². The van der Waals surface area contributed by atoms with Crippen LogP contribution in [0.1, 0.15) is 75.7 Å². The van der Waals surface area contributed by atoms with Gasteiger partial charge in [0, 0.05) is 87.8 Å². The van der Waals surface area contributed by atoms with E-state index < -0.39 is 17.8 Å². The summed E-state index contributed by atoms with van der Waals surface area (Å²) in [6.07, 6.45) is 2.33. The van der Waals surface area contributed by atoms with Gasteiger partial charge in [-0.15, -0.1) is 0 Å². The molecule has 0 aromatic heterocycles. The zero-order valence-corrected chi connectivity index (χ0v) is 32.1. The quantitative estimate of drug-likeness (QED) is 0.218. The van der Waals surface area contributed by atoms with Crippen molar-refractivity contribution in [1.82, 2.24) is 15.1 Å². The molecule has 5 aliphatic heterocycles. The molecule has 3 fully saturated rings. The van der Waals surface area contributed by atoms with Crippen LogP contribution in [0.4, 0.5) is 20.2 Å². The highest BCUT2D eigenvalue weighted by Crippen LogP contribution is 2.47. The molecule has 5 heterocycles. The number of rotatable bonds is 7. The molecule has 2 N–H and O–H groups in total. The highest BCUT2D eigenvalue weighted by atomic mass is 19.1. The second-order valence-electron chi connectivity index (χ2n) is 16.3. The summed E-state index contributed by atoms with van der Waals surface area (Å²) in [5, 5.41) is 12.5. The number of piperidine rings is 2. The van der Waals surface area contributed by atoms with Crippen LogP contribution in [0.3, 0.4) is 0 Å². The van der Waals surface area contributed by atoms with Crippen molar-refractivity contribution in [2.45, 2.75) is 57.0 Å². The number of carbonyl (C=O) groups excluding carboxylic acids is 3. The molecule has 4 aromatic carbocycles. The standard InChI is InChI=1S/C45H47F2N5O5/c1-27-3-2-4-29(19-27)35-26-57-41-22-32(53)6-7-33(41)43(35)30-5-8-38(36(46)20-30)50-13-11-28(12-14-50)24-49-15-17-51(18-16-49)40-21-31-25-52(45(56)34(31)23-37(40)47)39-9-10-42(54)48-44(39)55/h2-8,19-23,28,35,39,43,53H,9-18,24-26H2,1H3,(H,48,54,55). The first-order chi connectivity index (χ1) is 27.6. The van der Waals surface area contributed by atoms with Crippen molar-refractivity contribution in [3.05, 3.63) is 118 Å². The normalized spacial score (nSPS) is 23.0. The summed E-state index contributed by atoms with van der Waals surface area (Å²) in [7, 11) is 0. The molecule has 0 saturated carbocycles. The molecular formula is C45H47F2N5O5. The summed E-state index contributed by atoms with van der Waals surface area (Å²) >= 11 is 0. The molecular weight excluding hydrogens is 729 g/mol. The van der Waals surface area contributed by atoms with E-state index in [1.165, 1.54) is 11.0 Å². The van der Waals surface area contributed by atoms with Crippen molar-refractivity contribution in [2.24, 2.45) is 5.92 Å². The maximum atomic E-state index is 16.1. The Labute approximate surface area is 331 Å². The molecule has 3 saturated heterocycles. The van der Waals surface area contributed by atoms with Crippen molar-refractivity contribution in [1.29, 1.82) is 0 Å². The fourth-order valence-corrected chi connectivity index (χ4v) is 9.68. The second-order valence-corrected chi connectivity index (χ2v) is 16.3. The average Bonchev–Trinajstić information content (AvgIpc) is 3.51. The highest BCUT2D eigenvalue weighted by Gasteiger charge is 2.40. The van der Waals surface area contributed by atoms with E-state index in [1.807, 2.05) is 23.1 Å². The first kappa shape index (κ1) is 37.1. The number of piperazine rings is 1. The van der Waals surface area contributed by atoms with Crippen LogP contribution in [0, 0.1) is 24.5 Å². The lowest BCUT2D eigenvalue weighted by Gasteiger charge is -2.40. The Morgan fingerprint density at radius 1 is 0.807 bits per heavy atom. The highest BCUT2D eigenvalue weighted by molar-refractivity contribution is 6.05. The van der Waals surface area contributed by atoms with Crippen molar-refractivity contribution in [3.8, 4) is 11.5 Å². The fraction of sp³-hybridized carbons (Fsp3) is 0.400. The number of hydrogen-bond donors (Lipinski definition) is 2. The Balaban J connectivity index is 0.808. The van der Waals surface area contributed by atoms with Gasteiger partial charge in [0.05, 0.1) is 18.0 Å². The molecule has 5 aliphatic rings. The van der Waals surface area contributed by atoms with E-state index in [2.05, 4.69) is 46.3 Å². The maximum Gasteiger partial charge on any atom is 0.255 e. The van der Waals surface area contributed by atoms with E-state index in [1.54, 1.807) is 24.3 Å². The number of imide groups is 1. The van der Waals surface area contributed by atoms with Crippen LogP contribution in [0.2, 0.25) is 0 Å². The smallest absolute Gasteiger partial charge is 0.255 e. The summed E-state index contributed by atoms with van der Waals surface area (Å²) in [5.41, 5.74) is 6.18. The van der Waals surface area contributed by atoms with Crippen molar-refractivity contribution < 1.29 is 33.0 Å². The summed E-state index contributed by atoms with van der Waals surface area (Å²) in [5.74, 6) is -0.787. The third-order valence-electron chi connectivity index (χ3n) is 12.7. The number of phenolic OH excluding ortho intramolecular Hbond substituents is 1. The van der Waals surface area contributed by atoms with Crippen LogP contribution in [0.25, 0.3) is 0 Å². The van der Waals surface area contributed by atoms with Gasteiger partial charge in [-0.1, -0.05) is 42.0 Å². The summed E-state index contributed by atoms with van der Waals surface area (Å²) < 4.78 is 37.7. The monoisotopic (exact) mass is 775 g/mol. The predicted octanol–water partition coefficient (Wildman–Crippen LogP) is 6.09. The molecule has 10 nitrogen and oxygen atoms in total. The van der Waals surface area contributed by atoms with Gasteiger partial charge in [-0.2, -0.15) is 0 Å². The first-order valence-electron chi connectivity index (χ1n) is 20.1. The van der Waals surface area contributed by atoms with Gasteiger partial charge in [-0.25, -0.2) is 8.78 Å². The number of fused-ring (bicyclic) bond motifs is 2. The Bertz CT molecular complexity index is 2230. The SMILES string of the molecule is Cc1cccc(C2COc3cc(O)ccc3C2c2ccc(N3CCC(CN4CCN(c5cc6c(cc5F)C(=O)N(C5CCC(=O)NC5=O)C6)CC4)CC3)c(F)c2)c1. The van der Waals surface area contributed by atoms with E-state index in [4.69, 9.17) is 4.74 Å². The number of benzene rings is 4. The zero-order valence-electron chi connectivity index (χ0n) is 32.1. The minimum atomic E-state index is -0.736. The van der Waals surface area contributed by atoms with Crippen LogP contribution in [-0.4, -0.2) is 91.1 Å². The molecule has 0 radical (unpaired) electrons. The second kappa shape index (κ2) is 15.1. The third kappa shape index (κ3) is 7.20. The lowest BCUT2D eigenvalue weighted by Crippen LogP contribution is -2.52. The molecule has 296 valence electrons. The van der Waals surface area contributed by atoms with E-state index in [9.17, 15) is 19.5 Å². The molecule has 3 amide bonds. The Hall–Kier alpha value is -5.49. The van der Waals surface area contributed by atoms with Crippen LogP contribution >= 0.6 is 0 Å². The summed E-state index contributed by atoms with van der Waals surface area (Å²) in [6.45, 7) is 8.05. The van der Waals surface area contributed by atoms with E-state index in [-0.39, 0.29) is 60.2 Å². The molecule has 9 rings (SSSR count). The number of anilines is 2. The number of ether oxygens (including phenoxy) is 1. The number of aryl methyl sites for hydroxylation is 1. The van der Waals surface area contributed by atoms with Gasteiger partial charge in [-0.05, 0) is 79.1 Å². The molecule has 3 atom stereocenters. The number of carbonyl (C=O) groups is 3. The average molecular weight is 776 g/mol. The number of nitrogens with zero attached hydrogens (tertiary/aromatic N) is 4. The largest absolute Gasteiger partial charge is 0.508 e. The topological polar surface area (TPSA) is 106 Å². The van der Waals surface area contributed by atoms with Gasteiger partial charge < -0.3 is 24.5 Å². The molecule has 12 heteroatoms. The molecule has 57 heavy (non-hydrogen) atoms. The number of phenols is 1. The van der Waals surface area contributed by atoms with Crippen molar-refractivity contribution >= 4 is 29.1 Å². The number of nitrogens with one attached hydrogen (secondary N) is 1. The van der Waals surface area contributed by atoms with Crippen LogP contribution in [-0.2, 0) is 16.1 Å². The lowest BCUT2D eigenvalue weighted by atomic mass is 9.75. The van der Waals surface area contributed by atoms with Crippen molar-refractivity contribution in [2.75, 3.05) is 62.2 Å². The minimum Gasteiger partial charge on any atom is -0.508 e. The number of amides is 3. The fourth-order valence-electron chi connectivity index (χ4n) is 9.68. The summed E-state index contributed by atoms with van der Waals surface area (Å²) in [6, 6.07) is 21.6. The van der Waals surface area contributed by atoms with Gasteiger partial charge in [0.15, 0.2) is 0 Å². The lowest BCUT2D eigenvalue weighted by molar-refractivity contribution is -0.136. The third-order valence-corrected chi connectivity index (χ3v) is 12.7. The Morgan fingerprint density at radius 3 is 2.33 bits per heavy atom. The summed E-state index contributed by atoms with van der Waals surface area (Å²) in [4.78, 5) is 45.3. The van der Waals surface area contributed by atoms with Gasteiger partial charge >= 0.3 is 0 Å². The number of hydrogen-bond acceptors (Lipinski definition) is 8. The van der Waals surface area contributed by atoms with Crippen LogP contribution in [0.15, 0.2) is 72.8 Å². The Kier molecular flexibility index (Phi) is 9.84. The Morgan fingerprint density at radius 2 is 1.58 bits per heavy atom. The number of aromatic hydroxyl groups is 1. The molecule has 0 bridgehead atoms. The predicted molar refractivity (Wildman–Crippen MR) is 212 cm³/mol. The van der Waals surface area contributed by atoms with Gasteiger partial charge in [0.2, 0.25) is 11.8 Å². The first-order valence-corrected chi connectivity index (χ1v) is 20.1. The van der Waals surface area contributed by atoms with E-state index in [0.717, 1.165) is 67.8 Å². The molecule has 3 unspecified atom stereocenters. The van der Waals surface area contributed by atoms with Gasteiger partial charge in [-0.3, -0.25) is 24.6 Å². The zero-order chi connectivity index (χ0) is 39.4. The van der Waals surface area contributed by atoms with Gasteiger partial charge in [0.25, 0.3) is 5.91 Å². The van der Waals surface area contributed by atoms with Crippen molar-refractivity contribution in [3.63, 3.8) is 0 Å². The minimum absolute atomic E-state index is 0.0132. The van der Waals surface area contributed by atoms with Crippen LogP contribution in [0.5, 0.6) is 11.5 Å². The molecule has 0 spiro atoms. The molecule has 0 aliphatic carbocycles. The molecule has 4 aromatic rings.